The zero-order valence-electron chi connectivity index (χ0n) is 25.8. The number of aromatic nitrogens is 2. The van der Waals surface area contributed by atoms with Crippen LogP contribution in [0.3, 0.4) is 0 Å². The van der Waals surface area contributed by atoms with Gasteiger partial charge >= 0.3 is 18.0 Å². The van der Waals surface area contributed by atoms with Crippen molar-refractivity contribution < 1.29 is 23.9 Å². The molecule has 4 heterocycles. The predicted molar refractivity (Wildman–Crippen MR) is 166 cm³/mol. The number of fused-ring (bicyclic) bond motifs is 5. The van der Waals surface area contributed by atoms with Crippen LogP contribution in [0.5, 0.6) is 0 Å². The highest BCUT2D eigenvalue weighted by atomic mass is 28.3. The van der Waals surface area contributed by atoms with E-state index in [-0.39, 0.29) is 30.7 Å². The number of carbonyl (C=O) groups excluding carboxylic acids is 3. The second-order valence-electron chi connectivity index (χ2n) is 12.1. The fourth-order valence-electron chi connectivity index (χ4n) is 6.34. The molecule has 2 aliphatic rings. The lowest BCUT2D eigenvalue weighted by Crippen LogP contribution is -2.48. The van der Waals surface area contributed by atoms with Crippen molar-refractivity contribution in [3.05, 3.63) is 63.4 Å². The number of benzene rings is 1. The van der Waals surface area contributed by atoms with Gasteiger partial charge in [0.15, 0.2) is 0 Å². The second kappa shape index (κ2) is 11.6. The topological polar surface area (TPSA) is 120 Å². The van der Waals surface area contributed by atoms with Gasteiger partial charge in [0.05, 0.1) is 36.6 Å². The van der Waals surface area contributed by atoms with Gasteiger partial charge in [-0.15, -0.1) is 0 Å². The number of carbonyl (C=O) groups is 3. The van der Waals surface area contributed by atoms with Crippen molar-refractivity contribution in [3.63, 3.8) is 0 Å². The Kier molecular flexibility index (Phi) is 8.21. The molecule has 2 aliphatic heterocycles. The highest BCUT2D eigenvalue weighted by molar-refractivity contribution is 6.77. The molecule has 228 valence electrons. The molecule has 2 atom stereocenters. The molecule has 0 aliphatic carbocycles. The minimum Gasteiger partial charge on any atom is -0.457 e. The van der Waals surface area contributed by atoms with Crippen LogP contribution in [0.4, 0.5) is 4.79 Å². The summed E-state index contributed by atoms with van der Waals surface area (Å²) >= 11 is 0. The van der Waals surface area contributed by atoms with Crippen molar-refractivity contribution in [2.75, 3.05) is 19.3 Å². The Morgan fingerprint density at radius 3 is 2.56 bits per heavy atom. The third-order valence-corrected chi connectivity index (χ3v) is 11.6. The summed E-state index contributed by atoms with van der Waals surface area (Å²) in [4.78, 5) is 58.9. The standard InChI is InChI=1S/C32H40N4O6Si/c1-7-32(42-20(4)37)24-17-27-28-22(16-21-12-10-11-13-25(21)34-28)26(36(27)29(38)23(24)18-41-30(32)39)14-15-43(5,6)19-33-31(40)35(8-2)9-3/h10-13,16-17,26H,7-9,14-15,18-19H2,1-6H3,(H,33,40)/t26?,32-/m0/s1. The van der Waals surface area contributed by atoms with Crippen LogP contribution >= 0.6 is 0 Å². The molecule has 1 unspecified atom stereocenters. The molecule has 5 rings (SSSR count). The molecule has 2 aromatic heterocycles. The normalized spacial score (nSPS) is 18.8. The Labute approximate surface area is 252 Å². The van der Waals surface area contributed by atoms with Crippen molar-refractivity contribution in [3.8, 4) is 11.4 Å². The molecule has 11 heteroatoms. The Bertz CT molecular complexity index is 1660. The van der Waals surface area contributed by atoms with E-state index < -0.39 is 25.6 Å². The summed E-state index contributed by atoms with van der Waals surface area (Å²) in [5.41, 5.74) is 1.75. The number of hydrogen-bond donors (Lipinski definition) is 1. The Morgan fingerprint density at radius 1 is 1.16 bits per heavy atom. The van der Waals surface area contributed by atoms with E-state index in [0.29, 0.717) is 48.2 Å². The number of cyclic esters (lactones) is 1. The smallest absolute Gasteiger partial charge is 0.355 e. The van der Waals surface area contributed by atoms with Gasteiger partial charge in [0.1, 0.15) is 6.61 Å². The fraction of sp³-hybridized carbons (Fsp3) is 0.469. The van der Waals surface area contributed by atoms with E-state index >= 15 is 0 Å². The Hall–Kier alpha value is -3.99. The fourth-order valence-corrected chi connectivity index (χ4v) is 8.20. The van der Waals surface area contributed by atoms with E-state index in [0.717, 1.165) is 22.5 Å². The van der Waals surface area contributed by atoms with E-state index in [4.69, 9.17) is 14.5 Å². The largest absolute Gasteiger partial charge is 0.457 e. The number of nitrogens with one attached hydrogen (secondary N) is 1. The molecular weight excluding hydrogens is 564 g/mol. The van der Waals surface area contributed by atoms with Gasteiger partial charge in [0.25, 0.3) is 5.56 Å². The molecule has 1 aromatic carbocycles. The molecule has 0 spiro atoms. The molecule has 0 saturated carbocycles. The number of amides is 2. The molecule has 0 saturated heterocycles. The molecule has 0 radical (unpaired) electrons. The van der Waals surface area contributed by atoms with Crippen LogP contribution in [-0.4, -0.2) is 59.8 Å². The van der Waals surface area contributed by atoms with Crippen LogP contribution in [0.2, 0.25) is 19.1 Å². The third-order valence-electron chi connectivity index (χ3n) is 8.80. The first kappa shape index (κ1) is 30.5. The lowest BCUT2D eigenvalue weighted by molar-refractivity contribution is -0.188. The first-order chi connectivity index (χ1) is 20.5. The van der Waals surface area contributed by atoms with Crippen LogP contribution in [0.1, 0.15) is 63.3 Å². The lowest BCUT2D eigenvalue weighted by Gasteiger charge is -2.35. The average Bonchev–Trinajstić information content (AvgIpc) is 3.28. The summed E-state index contributed by atoms with van der Waals surface area (Å²) in [6.07, 6.45) is 1.44. The van der Waals surface area contributed by atoms with Crippen LogP contribution in [0.15, 0.2) is 41.2 Å². The van der Waals surface area contributed by atoms with Gasteiger partial charge in [-0.05, 0) is 44.9 Å². The van der Waals surface area contributed by atoms with Gasteiger partial charge < -0.3 is 19.7 Å². The third kappa shape index (κ3) is 5.35. The number of rotatable bonds is 9. The number of nitrogens with zero attached hydrogens (tertiary/aromatic N) is 3. The highest BCUT2D eigenvalue weighted by Crippen LogP contribution is 2.45. The zero-order valence-corrected chi connectivity index (χ0v) is 26.8. The summed E-state index contributed by atoms with van der Waals surface area (Å²) in [6.45, 7) is 12.5. The van der Waals surface area contributed by atoms with E-state index in [9.17, 15) is 19.2 Å². The monoisotopic (exact) mass is 604 g/mol. The first-order valence-electron chi connectivity index (χ1n) is 15.0. The summed E-state index contributed by atoms with van der Waals surface area (Å²) in [5, 5.41) is 4.10. The van der Waals surface area contributed by atoms with Gasteiger partial charge in [-0.2, -0.15) is 0 Å². The quantitative estimate of drug-likeness (QED) is 0.273. The van der Waals surface area contributed by atoms with Crippen LogP contribution in [0, 0.1) is 0 Å². The van der Waals surface area contributed by atoms with Crippen molar-refractivity contribution in [2.24, 2.45) is 0 Å². The minimum absolute atomic E-state index is 0.0533. The van der Waals surface area contributed by atoms with Gasteiger partial charge in [-0.1, -0.05) is 44.3 Å². The molecule has 1 N–H and O–H groups in total. The van der Waals surface area contributed by atoms with Crippen LogP contribution < -0.4 is 10.9 Å². The van der Waals surface area contributed by atoms with Gasteiger partial charge in [0.2, 0.25) is 5.60 Å². The molecule has 2 amide bonds. The predicted octanol–water partition coefficient (Wildman–Crippen LogP) is 4.88. The number of esters is 2. The maximum absolute atomic E-state index is 14.3. The summed E-state index contributed by atoms with van der Waals surface area (Å²) < 4.78 is 12.9. The summed E-state index contributed by atoms with van der Waals surface area (Å²) in [7, 11) is -1.92. The Balaban J connectivity index is 1.58. The summed E-state index contributed by atoms with van der Waals surface area (Å²) in [6, 6.07) is 12.3. The zero-order chi connectivity index (χ0) is 31.1. The number of pyridine rings is 2. The molecule has 0 bridgehead atoms. The van der Waals surface area contributed by atoms with Crippen LogP contribution in [-0.2, 0) is 31.3 Å². The number of para-hydroxylation sites is 1. The van der Waals surface area contributed by atoms with Gasteiger partial charge in [0, 0.05) is 42.7 Å². The van der Waals surface area contributed by atoms with E-state index in [2.05, 4.69) is 24.5 Å². The van der Waals surface area contributed by atoms with Crippen molar-refractivity contribution in [1.29, 1.82) is 0 Å². The van der Waals surface area contributed by atoms with Gasteiger partial charge in [-0.25, -0.2) is 14.6 Å². The summed E-state index contributed by atoms with van der Waals surface area (Å²) in [5.74, 6) is -1.31. The van der Waals surface area contributed by atoms with Crippen molar-refractivity contribution in [2.45, 2.75) is 77.9 Å². The average molecular weight is 605 g/mol. The Morgan fingerprint density at radius 2 is 1.88 bits per heavy atom. The molecule has 0 fully saturated rings. The van der Waals surface area contributed by atoms with Crippen molar-refractivity contribution >= 4 is 36.9 Å². The number of ether oxygens (including phenoxy) is 2. The lowest BCUT2D eigenvalue weighted by atomic mass is 9.85. The first-order valence-corrected chi connectivity index (χ1v) is 18.5. The number of urea groups is 1. The molecule has 43 heavy (non-hydrogen) atoms. The van der Waals surface area contributed by atoms with E-state index in [1.54, 1.807) is 22.5 Å². The molecule has 3 aromatic rings. The van der Waals surface area contributed by atoms with E-state index in [1.807, 2.05) is 38.1 Å². The van der Waals surface area contributed by atoms with E-state index in [1.165, 1.54) is 6.92 Å². The van der Waals surface area contributed by atoms with Gasteiger partial charge in [-0.3, -0.25) is 14.2 Å². The second-order valence-corrected chi connectivity index (χ2v) is 17.3. The molecule has 10 nitrogen and oxygen atoms in total. The minimum atomic E-state index is -1.92. The SMILES string of the molecule is CCN(CC)C(=O)NC[Si](C)(C)CCC1c2cc3ccccc3nc2-c2cc3c(c(=O)n21)COC(=O)[C@@]3(CC)OC(C)=O. The maximum Gasteiger partial charge on any atom is 0.355 e. The maximum atomic E-state index is 14.3. The van der Waals surface area contributed by atoms with Crippen LogP contribution in [0.25, 0.3) is 22.3 Å². The number of hydrogen-bond acceptors (Lipinski definition) is 7. The van der Waals surface area contributed by atoms with Crippen molar-refractivity contribution in [1.82, 2.24) is 19.8 Å². The molecular formula is C32H40N4O6Si. The highest BCUT2D eigenvalue weighted by Gasteiger charge is 2.50.